The average Bonchev–Trinajstić information content (AvgIpc) is 2.57. The highest BCUT2D eigenvalue weighted by molar-refractivity contribution is 7.89. The smallest absolute Gasteiger partial charge is 0.211 e. The number of aliphatic imine (C=N–C) groups is 1. The predicted octanol–water partition coefficient (Wildman–Crippen LogP) is 0.745. The Morgan fingerprint density at radius 2 is 1.88 bits per heavy atom. The standard InChI is InChI=1S/C16H35N5O2S/c1-4-24(22,23)20-12-7-10-18-16(17-3)19-11-8-14-21-13-6-5-9-15(21)2/h15,20H,4-14H2,1-3H3,(H2,17,18,19). The van der Waals surface area contributed by atoms with Gasteiger partial charge in [0.15, 0.2) is 5.96 Å². The molecular formula is C16H35N5O2S. The lowest BCUT2D eigenvalue weighted by atomic mass is 10.0. The molecule has 0 bridgehead atoms. The van der Waals surface area contributed by atoms with E-state index in [1.807, 2.05) is 0 Å². The van der Waals surface area contributed by atoms with Crippen LogP contribution >= 0.6 is 0 Å². The number of guanidine groups is 1. The second-order valence-corrected chi connectivity index (χ2v) is 8.41. The molecule has 0 spiro atoms. The zero-order chi connectivity index (χ0) is 17.8. The summed E-state index contributed by atoms with van der Waals surface area (Å²) in [6, 6.07) is 0.711. The Bertz CT molecular complexity index is 467. The molecule has 1 saturated heterocycles. The van der Waals surface area contributed by atoms with Gasteiger partial charge in [-0.1, -0.05) is 6.42 Å². The highest BCUT2D eigenvalue weighted by Crippen LogP contribution is 2.15. The van der Waals surface area contributed by atoms with Gasteiger partial charge in [-0.3, -0.25) is 4.99 Å². The van der Waals surface area contributed by atoms with Gasteiger partial charge in [-0.25, -0.2) is 13.1 Å². The number of likely N-dealkylation sites (tertiary alicyclic amines) is 1. The number of hydrogen-bond acceptors (Lipinski definition) is 4. The first kappa shape index (κ1) is 21.2. The van der Waals surface area contributed by atoms with Crippen molar-refractivity contribution in [1.82, 2.24) is 20.3 Å². The molecule has 0 amide bonds. The van der Waals surface area contributed by atoms with Crippen molar-refractivity contribution in [2.24, 2.45) is 4.99 Å². The van der Waals surface area contributed by atoms with E-state index in [-0.39, 0.29) is 5.75 Å². The molecule has 1 fully saturated rings. The number of nitrogens with one attached hydrogen (secondary N) is 3. The molecule has 142 valence electrons. The van der Waals surface area contributed by atoms with Crippen LogP contribution in [0.15, 0.2) is 4.99 Å². The molecule has 0 aromatic carbocycles. The Morgan fingerprint density at radius 1 is 1.17 bits per heavy atom. The zero-order valence-corrected chi connectivity index (χ0v) is 16.3. The minimum atomic E-state index is -3.09. The first-order chi connectivity index (χ1) is 11.5. The van der Waals surface area contributed by atoms with Crippen molar-refractivity contribution in [3.8, 4) is 0 Å². The fraction of sp³-hybridized carbons (Fsp3) is 0.938. The van der Waals surface area contributed by atoms with E-state index < -0.39 is 10.0 Å². The average molecular weight is 362 g/mol. The van der Waals surface area contributed by atoms with Crippen LogP contribution in [0.25, 0.3) is 0 Å². The summed E-state index contributed by atoms with van der Waals surface area (Å²) in [6.07, 6.45) is 5.83. The van der Waals surface area contributed by atoms with E-state index in [2.05, 4.69) is 32.2 Å². The molecular weight excluding hydrogens is 326 g/mol. The molecule has 1 heterocycles. The molecule has 0 radical (unpaired) electrons. The second-order valence-electron chi connectivity index (χ2n) is 6.31. The van der Waals surface area contributed by atoms with E-state index in [0.29, 0.717) is 19.1 Å². The van der Waals surface area contributed by atoms with Gasteiger partial charge in [0.25, 0.3) is 0 Å². The van der Waals surface area contributed by atoms with Crippen molar-refractivity contribution in [2.45, 2.75) is 52.0 Å². The van der Waals surface area contributed by atoms with Gasteiger partial charge in [0, 0.05) is 39.3 Å². The van der Waals surface area contributed by atoms with Crippen molar-refractivity contribution in [2.75, 3.05) is 45.5 Å². The van der Waals surface area contributed by atoms with Crippen LogP contribution in [-0.4, -0.2) is 70.8 Å². The number of rotatable bonds is 10. The van der Waals surface area contributed by atoms with E-state index in [0.717, 1.165) is 31.9 Å². The van der Waals surface area contributed by atoms with Crippen LogP contribution in [-0.2, 0) is 10.0 Å². The minimum absolute atomic E-state index is 0.124. The molecule has 0 aliphatic carbocycles. The zero-order valence-electron chi connectivity index (χ0n) is 15.5. The third-order valence-corrected chi connectivity index (χ3v) is 5.83. The summed E-state index contributed by atoms with van der Waals surface area (Å²) in [5, 5.41) is 6.53. The first-order valence-electron chi connectivity index (χ1n) is 9.14. The molecule has 1 atom stereocenters. The van der Waals surface area contributed by atoms with Crippen molar-refractivity contribution in [3.63, 3.8) is 0 Å². The summed E-state index contributed by atoms with van der Waals surface area (Å²) in [7, 11) is -1.34. The largest absolute Gasteiger partial charge is 0.356 e. The van der Waals surface area contributed by atoms with Crippen molar-refractivity contribution in [1.29, 1.82) is 0 Å². The van der Waals surface area contributed by atoms with Crippen LogP contribution in [0.1, 0.15) is 46.0 Å². The van der Waals surface area contributed by atoms with Gasteiger partial charge in [0.2, 0.25) is 10.0 Å². The van der Waals surface area contributed by atoms with Gasteiger partial charge in [0.05, 0.1) is 5.75 Å². The highest BCUT2D eigenvalue weighted by Gasteiger charge is 2.17. The maximum Gasteiger partial charge on any atom is 0.211 e. The summed E-state index contributed by atoms with van der Waals surface area (Å²) >= 11 is 0. The lowest BCUT2D eigenvalue weighted by molar-refractivity contribution is 0.159. The molecule has 1 aliphatic rings. The van der Waals surface area contributed by atoms with Crippen LogP contribution in [0.5, 0.6) is 0 Å². The van der Waals surface area contributed by atoms with E-state index in [1.54, 1.807) is 14.0 Å². The summed E-state index contributed by atoms with van der Waals surface area (Å²) < 4.78 is 25.2. The van der Waals surface area contributed by atoms with Crippen molar-refractivity contribution >= 4 is 16.0 Å². The SMILES string of the molecule is CCS(=O)(=O)NCCCNC(=NC)NCCCN1CCCCC1C. The monoisotopic (exact) mass is 361 g/mol. The van der Waals surface area contributed by atoms with Crippen molar-refractivity contribution < 1.29 is 8.42 Å². The lowest BCUT2D eigenvalue weighted by Crippen LogP contribution is -2.41. The van der Waals surface area contributed by atoms with E-state index >= 15 is 0 Å². The topological polar surface area (TPSA) is 85.8 Å². The van der Waals surface area contributed by atoms with Gasteiger partial charge in [-0.05, 0) is 46.1 Å². The summed E-state index contributed by atoms with van der Waals surface area (Å²) in [4.78, 5) is 6.76. The normalized spacial score (nSPS) is 20.1. The van der Waals surface area contributed by atoms with Gasteiger partial charge < -0.3 is 15.5 Å². The molecule has 7 nitrogen and oxygen atoms in total. The molecule has 1 rings (SSSR count). The van der Waals surface area contributed by atoms with Crippen molar-refractivity contribution in [3.05, 3.63) is 0 Å². The van der Waals surface area contributed by atoms with Gasteiger partial charge in [-0.15, -0.1) is 0 Å². The Kier molecular flexibility index (Phi) is 10.3. The molecule has 3 N–H and O–H groups in total. The Labute approximate surface area is 147 Å². The molecule has 0 aromatic heterocycles. The lowest BCUT2D eigenvalue weighted by Gasteiger charge is -2.33. The molecule has 1 aliphatic heterocycles. The molecule has 1 unspecified atom stereocenters. The quantitative estimate of drug-likeness (QED) is 0.304. The maximum atomic E-state index is 11.3. The predicted molar refractivity (Wildman–Crippen MR) is 101 cm³/mol. The third kappa shape index (κ3) is 8.84. The number of hydrogen-bond donors (Lipinski definition) is 3. The Hall–Kier alpha value is -0.860. The Balaban J connectivity index is 2.08. The fourth-order valence-electron chi connectivity index (χ4n) is 2.82. The number of sulfonamides is 1. The number of piperidine rings is 1. The van der Waals surface area contributed by atoms with Gasteiger partial charge >= 0.3 is 0 Å². The van der Waals surface area contributed by atoms with Gasteiger partial charge in [-0.2, -0.15) is 0 Å². The summed E-state index contributed by atoms with van der Waals surface area (Å²) in [5.74, 6) is 0.902. The van der Waals surface area contributed by atoms with E-state index in [9.17, 15) is 8.42 Å². The minimum Gasteiger partial charge on any atom is -0.356 e. The van der Waals surface area contributed by atoms with Crippen LogP contribution in [0.2, 0.25) is 0 Å². The van der Waals surface area contributed by atoms with E-state index in [1.165, 1.54) is 25.8 Å². The first-order valence-corrected chi connectivity index (χ1v) is 10.8. The third-order valence-electron chi connectivity index (χ3n) is 4.43. The summed E-state index contributed by atoms with van der Waals surface area (Å²) in [6.45, 7) is 8.34. The summed E-state index contributed by atoms with van der Waals surface area (Å²) in [5.41, 5.74) is 0. The fourth-order valence-corrected chi connectivity index (χ4v) is 3.48. The van der Waals surface area contributed by atoms with Gasteiger partial charge in [0.1, 0.15) is 0 Å². The number of nitrogens with zero attached hydrogens (tertiary/aromatic N) is 2. The van der Waals surface area contributed by atoms with Crippen LogP contribution < -0.4 is 15.4 Å². The Morgan fingerprint density at radius 3 is 2.50 bits per heavy atom. The molecule has 0 aromatic rings. The second kappa shape index (κ2) is 11.7. The molecule has 24 heavy (non-hydrogen) atoms. The molecule has 0 saturated carbocycles. The molecule has 8 heteroatoms. The maximum absolute atomic E-state index is 11.3. The van der Waals surface area contributed by atoms with Crippen LogP contribution in [0.4, 0.5) is 0 Å². The van der Waals surface area contributed by atoms with Crippen LogP contribution in [0.3, 0.4) is 0 Å². The van der Waals surface area contributed by atoms with E-state index in [4.69, 9.17) is 0 Å². The van der Waals surface area contributed by atoms with Crippen LogP contribution in [0, 0.1) is 0 Å². The highest BCUT2D eigenvalue weighted by atomic mass is 32.2.